The summed E-state index contributed by atoms with van der Waals surface area (Å²) in [7, 11) is 0. The van der Waals surface area contributed by atoms with Crippen LogP contribution < -0.4 is 0 Å². The molecule has 8 aromatic heterocycles. The first-order valence-electron chi connectivity index (χ1n) is 14.6. The van der Waals surface area contributed by atoms with Crippen molar-refractivity contribution in [1.29, 1.82) is 10.5 Å². The van der Waals surface area contributed by atoms with E-state index in [1.165, 1.54) is 19.5 Å². The zero-order chi connectivity index (χ0) is 32.5. The standard InChI is InChI=1S/C38H20N4S6/c39-19-23(31-3-1-13-43-31)15-27-5-7-35(45-27)37-11-9-33(47-37)25-17-29-30(41-21-25)18-26(22-42-29)34-10-12-38(48-34)36-8-6-28(46-36)16-24(20-40)32-4-2-14-44-32/h1-18,21-22H/b23-15+,24-16+. The molecule has 0 atom stereocenters. The quantitative estimate of drug-likeness (QED) is 0.146. The lowest BCUT2D eigenvalue weighted by Crippen LogP contribution is -1.86. The van der Waals surface area contributed by atoms with Crippen LogP contribution in [0.3, 0.4) is 0 Å². The van der Waals surface area contributed by atoms with Crippen LogP contribution in [0.2, 0.25) is 0 Å². The summed E-state index contributed by atoms with van der Waals surface area (Å²) in [6.45, 7) is 0. The molecule has 0 amide bonds. The second kappa shape index (κ2) is 13.4. The van der Waals surface area contributed by atoms with E-state index in [1.54, 1.807) is 68.0 Å². The van der Waals surface area contributed by atoms with Gasteiger partial charge in [0.1, 0.15) is 12.1 Å². The van der Waals surface area contributed by atoms with Gasteiger partial charge < -0.3 is 0 Å². The number of aromatic nitrogens is 2. The first-order valence-corrected chi connectivity index (χ1v) is 19.6. The molecule has 0 N–H and O–H groups in total. The number of thiophene rings is 6. The fourth-order valence-electron chi connectivity index (χ4n) is 5.11. The van der Waals surface area contributed by atoms with E-state index < -0.39 is 0 Å². The molecule has 48 heavy (non-hydrogen) atoms. The third kappa shape index (κ3) is 6.26. The van der Waals surface area contributed by atoms with Crippen molar-refractivity contribution in [3.8, 4) is 52.5 Å². The van der Waals surface area contributed by atoms with Gasteiger partial charge in [0, 0.05) is 72.3 Å². The minimum atomic E-state index is 0.688. The zero-order valence-electron chi connectivity index (χ0n) is 24.8. The molecule has 0 saturated heterocycles. The Kier molecular flexibility index (Phi) is 8.52. The molecule has 0 aliphatic carbocycles. The maximum absolute atomic E-state index is 9.63. The van der Waals surface area contributed by atoms with Crippen LogP contribution in [-0.2, 0) is 0 Å². The van der Waals surface area contributed by atoms with E-state index in [-0.39, 0.29) is 0 Å². The summed E-state index contributed by atoms with van der Waals surface area (Å²) in [5.41, 5.74) is 5.18. The lowest BCUT2D eigenvalue weighted by molar-refractivity contribution is 1.34. The van der Waals surface area contributed by atoms with E-state index in [4.69, 9.17) is 9.97 Å². The molecule has 0 spiro atoms. The summed E-state index contributed by atoms with van der Waals surface area (Å²) in [6, 6.07) is 33.8. The van der Waals surface area contributed by atoms with Crippen LogP contribution in [0.25, 0.3) is 74.7 Å². The second-order valence-corrected chi connectivity index (χ2v) is 16.8. The molecule has 0 fully saturated rings. The molecule has 0 aromatic carbocycles. The van der Waals surface area contributed by atoms with E-state index in [0.29, 0.717) is 11.1 Å². The molecule has 0 radical (unpaired) electrons. The van der Waals surface area contributed by atoms with Crippen molar-refractivity contribution in [2.45, 2.75) is 0 Å². The number of nitrogens with zero attached hydrogens (tertiary/aromatic N) is 4. The third-order valence-electron chi connectivity index (χ3n) is 7.44. The van der Waals surface area contributed by atoms with Crippen molar-refractivity contribution in [1.82, 2.24) is 9.97 Å². The Balaban J connectivity index is 0.994. The Morgan fingerprint density at radius 1 is 0.521 bits per heavy atom. The fraction of sp³-hybridized carbons (Fsp3) is 0. The Hall–Kier alpha value is -4.78. The average molecular weight is 725 g/mol. The van der Waals surface area contributed by atoms with Crippen LogP contribution in [-0.4, -0.2) is 9.97 Å². The Morgan fingerprint density at radius 2 is 0.938 bits per heavy atom. The zero-order valence-corrected chi connectivity index (χ0v) is 29.7. The van der Waals surface area contributed by atoms with E-state index >= 15 is 0 Å². The second-order valence-electron chi connectivity index (χ2n) is 10.5. The van der Waals surface area contributed by atoms with Crippen molar-refractivity contribution in [2.24, 2.45) is 0 Å². The molecule has 10 heteroatoms. The highest BCUT2D eigenvalue weighted by Crippen LogP contribution is 2.41. The van der Waals surface area contributed by atoms with Gasteiger partial charge in [-0.3, -0.25) is 9.97 Å². The van der Waals surface area contributed by atoms with Gasteiger partial charge >= 0.3 is 0 Å². The van der Waals surface area contributed by atoms with Crippen molar-refractivity contribution < 1.29 is 0 Å². The highest BCUT2D eigenvalue weighted by molar-refractivity contribution is 7.25. The topological polar surface area (TPSA) is 73.4 Å². The molecule has 0 unspecified atom stereocenters. The van der Waals surface area contributed by atoms with Crippen LogP contribution in [0, 0.1) is 22.7 Å². The summed E-state index contributed by atoms with van der Waals surface area (Å²) in [5.74, 6) is 0. The van der Waals surface area contributed by atoms with Gasteiger partial charge in [-0.2, -0.15) is 10.5 Å². The Bertz CT molecular complexity index is 2360. The number of hydrogen-bond acceptors (Lipinski definition) is 10. The van der Waals surface area contributed by atoms with Gasteiger partial charge in [-0.25, -0.2) is 0 Å². The molecule has 8 aromatic rings. The summed E-state index contributed by atoms with van der Waals surface area (Å²) < 4.78 is 0. The fourth-order valence-corrected chi connectivity index (χ4v) is 10.6. The van der Waals surface area contributed by atoms with Gasteiger partial charge in [0.25, 0.3) is 0 Å². The van der Waals surface area contributed by atoms with Crippen LogP contribution in [0.15, 0.2) is 108 Å². The maximum Gasteiger partial charge on any atom is 0.101 e. The molecule has 8 rings (SSSR count). The first-order chi connectivity index (χ1) is 23.6. The first kappa shape index (κ1) is 30.5. The summed E-state index contributed by atoms with van der Waals surface area (Å²) in [4.78, 5) is 20.7. The molecule has 0 aliphatic rings. The van der Waals surface area contributed by atoms with Crippen LogP contribution in [0.5, 0.6) is 0 Å². The molecular weight excluding hydrogens is 705 g/mol. The van der Waals surface area contributed by atoms with Crippen LogP contribution >= 0.6 is 68.0 Å². The van der Waals surface area contributed by atoms with E-state index in [9.17, 15) is 10.5 Å². The molecule has 0 saturated carbocycles. The van der Waals surface area contributed by atoms with Gasteiger partial charge in [0.2, 0.25) is 0 Å². The smallest absolute Gasteiger partial charge is 0.101 e. The van der Waals surface area contributed by atoms with Crippen molar-refractivity contribution >= 4 is 102 Å². The van der Waals surface area contributed by atoms with Gasteiger partial charge in [0.05, 0.1) is 22.2 Å². The van der Waals surface area contributed by atoms with E-state index in [2.05, 4.69) is 72.8 Å². The monoisotopic (exact) mass is 724 g/mol. The number of allylic oxidation sites excluding steroid dienone is 2. The predicted octanol–water partition coefficient (Wildman–Crippen LogP) is 12.8. The minimum absolute atomic E-state index is 0.688. The van der Waals surface area contributed by atoms with Crippen LogP contribution in [0.4, 0.5) is 0 Å². The SMILES string of the molecule is N#C/C(=C\c1ccc(-c2ccc(-c3cnc4cc(-c5ccc(-c6ccc(/C=C(\C#N)c7cccs7)s6)s5)cnc4c3)s2)s1)c1cccs1. The average Bonchev–Trinajstić information content (AvgIpc) is 3.95. The highest BCUT2D eigenvalue weighted by atomic mass is 32.1. The van der Waals surface area contributed by atoms with Crippen LogP contribution in [0.1, 0.15) is 19.5 Å². The van der Waals surface area contributed by atoms with Crippen molar-refractivity contribution in [2.75, 3.05) is 0 Å². The van der Waals surface area contributed by atoms with Gasteiger partial charge in [0.15, 0.2) is 0 Å². The molecule has 0 aliphatic heterocycles. The number of nitriles is 2. The summed E-state index contributed by atoms with van der Waals surface area (Å²) in [6.07, 6.45) is 7.79. The number of hydrogen-bond donors (Lipinski definition) is 0. The van der Waals surface area contributed by atoms with Gasteiger partial charge in [-0.05, 0) is 95.7 Å². The number of fused-ring (bicyclic) bond motifs is 1. The molecule has 228 valence electrons. The Labute approximate surface area is 300 Å². The predicted molar refractivity (Wildman–Crippen MR) is 208 cm³/mol. The van der Waals surface area contributed by atoms with Gasteiger partial charge in [-0.15, -0.1) is 68.0 Å². The van der Waals surface area contributed by atoms with Crippen molar-refractivity contribution in [3.63, 3.8) is 0 Å². The molecule has 4 nitrogen and oxygen atoms in total. The van der Waals surface area contributed by atoms with Crippen molar-refractivity contribution in [3.05, 3.63) is 128 Å². The summed E-state index contributed by atoms with van der Waals surface area (Å²) >= 11 is 10.00. The summed E-state index contributed by atoms with van der Waals surface area (Å²) in [5, 5.41) is 23.2. The normalized spacial score (nSPS) is 12.0. The van der Waals surface area contributed by atoms with E-state index in [0.717, 1.165) is 51.4 Å². The molecule has 0 bridgehead atoms. The minimum Gasteiger partial charge on any atom is -0.254 e. The number of rotatable bonds is 8. The third-order valence-corrected chi connectivity index (χ3v) is 14.0. The number of pyridine rings is 2. The maximum atomic E-state index is 9.63. The Morgan fingerprint density at radius 3 is 1.35 bits per heavy atom. The lowest BCUT2D eigenvalue weighted by Gasteiger charge is -2.03. The van der Waals surface area contributed by atoms with Gasteiger partial charge in [-0.1, -0.05) is 12.1 Å². The highest BCUT2D eigenvalue weighted by Gasteiger charge is 2.13. The molecular formula is C38H20N4S6. The lowest BCUT2D eigenvalue weighted by atomic mass is 10.1. The van der Waals surface area contributed by atoms with E-state index in [1.807, 2.05) is 59.6 Å². The largest absolute Gasteiger partial charge is 0.254 e. The molecule has 8 heterocycles.